The highest BCUT2D eigenvalue weighted by atomic mass is 16.4. The SMILES string of the molecule is CCc1cn(CCO)c2cc(C)c(C(=O)O)cc12. The number of hydrogen-bond acceptors (Lipinski definition) is 2. The van der Waals surface area contributed by atoms with Gasteiger partial charge in [-0.1, -0.05) is 6.92 Å². The smallest absolute Gasteiger partial charge is 0.335 e. The van der Waals surface area contributed by atoms with Gasteiger partial charge in [-0.15, -0.1) is 0 Å². The lowest BCUT2D eigenvalue weighted by molar-refractivity contribution is 0.0696. The number of aromatic carboxylic acids is 1. The van der Waals surface area contributed by atoms with E-state index in [2.05, 4.69) is 0 Å². The number of carboxylic acids is 1. The summed E-state index contributed by atoms with van der Waals surface area (Å²) in [5.74, 6) is -0.897. The van der Waals surface area contributed by atoms with Crippen molar-refractivity contribution < 1.29 is 15.0 Å². The summed E-state index contributed by atoms with van der Waals surface area (Å²) in [6.07, 6.45) is 2.84. The van der Waals surface area contributed by atoms with E-state index in [-0.39, 0.29) is 6.61 Å². The van der Waals surface area contributed by atoms with Crippen LogP contribution in [0.1, 0.15) is 28.4 Å². The average molecular weight is 247 g/mol. The van der Waals surface area contributed by atoms with Gasteiger partial charge in [-0.05, 0) is 36.6 Å². The van der Waals surface area contributed by atoms with Crippen molar-refractivity contribution in [3.63, 3.8) is 0 Å². The number of nitrogens with zero attached hydrogens (tertiary/aromatic N) is 1. The van der Waals surface area contributed by atoms with E-state index in [1.807, 2.05) is 23.8 Å². The predicted octanol–water partition coefficient (Wildman–Crippen LogP) is 2.20. The van der Waals surface area contributed by atoms with E-state index in [1.54, 1.807) is 13.0 Å². The molecule has 0 saturated heterocycles. The standard InChI is InChI=1S/C14H17NO3/c1-3-10-8-15(4-5-16)13-6-9(2)11(14(17)18)7-12(10)13/h6-8,16H,3-5H2,1-2H3,(H,17,18). The van der Waals surface area contributed by atoms with E-state index in [9.17, 15) is 4.79 Å². The fraction of sp³-hybridized carbons (Fsp3) is 0.357. The number of fused-ring (bicyclic) bond motifs is 1. The number of aromatic nitrogens is 1. The minimum Gasteiger partial charge on any atom is -0.478 e. The molecule has 0 atom stereocenters. The summed E-state index contributed by atoms with van der Waals surface area (Å²) in [7, 11) is 0. The molecule has 0 aliphatic carbocycles. The topological polar surface area (TPSA) is 62.5 Å². The highest BCUT2D eigenvalue weighted by Gasteiger charge is 2.13. The van der Waals surface area contributed by atoms with Gasteiger partial charge in [0.15, 0.2) is 0 Å². The third kappa shape index (κ3) is 1.99. The molecule has 1 aromatic heterocycles. The maximum absolute atomic E-state index is 11.2. The number of carboxylic acid groups (broad SMARTS) is 1. The molecule has 2 N–H and O–H groups in total. The molecule has 2 aromatic rings. The molecule has 0 radical (unpaired) electrons. The van der Waals surface area contributed by atoms with Gasteiger partial charge in [0.05, 0.1) is 12.2 Å². The molecule has 0 fully saturated rings. The van der Waals surface area contributed by atoms with Crippen LogP contribution in [0.25, 0.3) is 10.9 Å². The van der Waals surface area contributed by atoms with Crippen molar-refractivity contribution in [2.45, 2.75) is 26.8 Å². The molecule has 96 valence electrons. The number of benzene rings is 1. The summed E-state index contributed by atoms with van der Waals surface area (Å²) in [4.78, 5) is 11.2. The number of rotatable bonds is 4. The Bertz CT molecular complexity index is 599. The summed E-state index contributed by atoms with van der Waals surface area (Å²) in [6.45, 7) is 4.44. The highest BCUT2D eigenvalue weighted by molar-refractivity contribution is 5.96. The Morgan fingerprint density at radius 1 is 1.39 bits per heavy atom. The van der Waals surface area contributed by atoms with Crippen LogP contribution in [-0.4, -0.2) is 27.4 Å². The summed E-state index contributed by atoms with van der Waals surface area (Å²) in [6, 6.07) is 3.62. The number of carbonyl (C=O) groups is 1. The van der Waals surface area contributed by atoms with Gasteiger partial charge in [0.1, 0.15) is 0 Å². The van der Waals surface area contributed by atoms with Crippen LogP contribution in [0, 0.1) is 6.92 Å². The zero-order valence-electron chi connectivity index (χ0n) is 10.6. The second-order valence-corrected chi connectivity index (χ2v) is 4.41. The van der Waals surface area contributed by atoms with Crippen LogP contribution in [0.5, 0.6) is 0 Å². The Hall–Kier alpha value is -1.81. The van der Waals surface area contributed by atoms with E-state index in [1.165, 1.54) is 0 Å². The summed E-state index contributed by atoms with van der Waals surface area (Å²) >= 11 is 0. The van der Waals surface area contributed by atoms with Gasteiger partial charge in [-0.25, -0.2) is 4.79 Å². The molecule has 0 saturated carbocycles. The molecule has 0 unspecified atom stereocenters. The zero-order valence-corrected chi connectivity index (χ0v) is 10.6. The van der Waals surface area contributed by atoms with Crippen molar-refractivity contribution in [1.29, 1.82) is 0 Å². The maximum Gasteiger partial charge on any atom is 0.335 e. The van der Waals surface area contributed by atoms with E-state index < -0.39 is 5.97 Å². The quantitative estimate of drug-likeness (QED) is 0.870. The summed E-state index contributed by atoms with van der Waals surface area (Å²) < 4.78 is 1.98. The van der Waals surface area contributed by atoms with E-state index in [0.717, 1.165) is 28.5 Å². The summed E-state index contributed by atoms with van der Waals surface area (Å²) in [5.41, 5.74) is 3.19. The van der Waals surface area contributed by atoms with Crippen molar-refractivity contribution in [2.24, 2.45) is 0 Å². The van der Waals surface area contributed by atoms with Crippen LogP contribution in [0.4, 0.5) is 0 Å². The van der Waals surface area contributed by atoms with Gasteiger partial charge < -0.3 is 14.8 Å². The molecule has 0 aliphatic heterocycles. The van der Waals surface area contributed by atoms with Crippen molar-refractivity contribution in [2.75, 3.05) is 6.61 Å². The molecule has 4 nitrogen and oxygen atoms in total. The van der Waals surface area contributed by atoms with Crippen LogP contribution >= 0.6 is 0 Å². The van der Waals surface area contributed by atoms with Crippen LogP contribution < -0.4 is 0 Å². The van der Waals surface area contributed by atoms with Crippen LogP contribution in [-0.2, 0) is 13.0 Å². The molecule has 0 spiro atoms. The van der Waals surface area contributed by atoms with Crippen LogP contribution in [0.15, 0.2) is 18.3 Å². The number of hydrogen-bond donors (Lipinski definition) is 2. The fourth-order valence-corrected chi connectivity index (χ4v) is 2.32. The Labute approximate surface area is 105 Å². The monoisotopic (exact) mass is 247 g/mol. The second-order valence-electron chi connectivity index (χ2n) is 4.41. The van der Waals surface area contributed by atoms with Gasteiger partial charge in [0, 0.05) is 23.6 Å². The molecule has 0 aliphatic rings. The molecule has 0 bridgehead atoms. The summed E-state index contributed by atoms with van der Waals surface area (Å²) in [5, 5.41) is 19.2. The lowest BCUT2D eigenvalue weighted by Gasteiger charge is -2.05. The van der Waals surface area contributed by atoms with Gasteiger partial charge in [-0.2, -0.15) is 0 Å². The lowest BCUT2D eigenvalue weighted by Crippen LogP contribution is -2.02. The van der Waals surface area contributed by atoms with E-state index in [0.29, 0.717) is 12.1 Å². The average Bonchev–Trinajstić information content (AvgIpc) is 2.66. The van der Waals surface area contributed by atoms with Crippen molar-refractivity contribution in [3.05, 3.63) is 35.0 Å². The number of aliphatic hydroxyl groups is 1. The second kappa shape index (κ2) is 4.82. The molecule has 1 aromatic carbocycles. The normalized spacial score (nSPS) is 11.1. The molecule has 2 rings (SSSR count). The third-order valence-electron chi connectivity index (χ3n) is 3.26. The Kier molecular flexibility index (Phi) is 3.39. The minimum absolute atomic E-state index is 0.0761. The van der Waals surface area contributed by atoms with Crippen molar-refractivity contribution in [3.8, 4) is 0 Å². The zero-order chi connectivity index (χ0) is 13.3. The first-order chi connectivity index (χ1) is 8.58. The van der Waals surface area contributed by atoms with Gasteiger partial charge in [0.25, 0.3) is 0 Å². The first kappa shape index (κ1) is 12.6. The first-order valence-corrected chi connectivity index (χ1v) is 6.05. The van der Waals surface area contributed by atoms with Gasteiger partial charge in [-0.3, -0.25) is 0 Å². The molecule has 18 heavy (non-hydrogen) atoms. The fourth-order valence-electron chi connectivity index (χ4n) is 2.32. The molecule has 4 heteroatoms. The molecule has 1 heterocycles. The van der Waals surface area contributed by atoms with E-state index >= 15 is 0 Å². The molecular formula is C14H17NO3. The van der Waals surface area contributed by atoms with Gasteiger partial charge in [0.2, 0.25) is 0 Å². The number of aryl methyl sites for hydroxylation is 2. The molecule has 0 amide bonds. The predicted molar refractivity (Wildman–Crippen MR) is 70.1 cm³/mol. The van der Waals surface area contributed by atoms with Crippen molar-refractivity contribution >= 4 is 16.9 Å². The largest absolute Gasteiger partial charge is 0.478 e. The Balaban J connectivity index is 2.72. The third-order valence-corrected chi connectivity index (χ3v) is 3.26. The maximum atomic E-state index is 11.2. The Morgan fingerprint density at radius 3 is 2.67 bits per heavy atom. The Morgan fingerprint density at radius 2 is 2.11 bits per heavy atom. The number of aliphatic hydroxyl groups excluding tert-OH is 1. The van der Waals surface area contributed by atoms with Crippen LogP contribution in [0.2, 0.25) is 0 Å². The first-order valence-electron chi connectivity index (χ1n) is 6.05. The van der Waals surface area contributed by atoms with Crippen molar-refractivity contribution in [1.82, 2.24) is 4.57 Å². The molecular weight excluding hydrogens is 230 g/mol. The van der Waals surface area contributed by atoms with Crippen LogP contribution in [0.3, 0.4) is 0 Å². The van der Waals surface area contributed by atoms with E-state index in [4.69, 9.17) is 10.2 Å². The highest BCUT2D eigenvalue weighted by Crippen LogP contribution is 2.25. The lowest BCUT2D eigenvalue weighted by atomic mass is 10.0. The van der Waals surface area contributed by atoms with Gasteiger partial charge >= 0.3 is 5.97 Å². The minimum atomic E-state index is -0.897.